The Hall–Kier alpha value is -4.21. The van der Waals surface area contributed by atoms with E-state index in [1.807, 2.05) is 0 Å². The molecule has 0 aliphatic heterocycles. The van der Waals surface area contributed by atoms with Crippen LogP contribution in [0, 0.1) is 12.7 Å². The summed E-state index contributed by atoms with van der Waals surface area (Å²) in [6, 6.07) is 8.08. The Bertz CT molecular complexity index is 1200. The second-order valence-corrected chi connectivity index (χ2v) is 6.58. The Morgan fingerprint density at radius 1 is 0.969 bits per heavy atom. The number of amides is 1. The number of carbonyl (C=O) groups excluding carboxylic acids is 4. The van der Waals surface area contributed by atoms with Gasteiger partial charge < -0.3 is 23.9 Å². The van der Waals surface area contributed by atoms with Crippen molar-refractivity contribution in [2.45, 2.75) is 6.92 Å². The number of nitrogens with one attached hydrogen (secondary N) is 1. The zero-order chi connectivity index (χ0) is 23.4. The van der Waals surface area contributed by atoms with Gasteiger partial charge in [-0.15, -0.1) is 0 Å². The molecule has 0 saturated carbocycles. The van der Waals surface area contributed by atoms with Crippen molar-refractivity contribution in [3.8, 4) is 0 Å². The summed E-state index contributed by atoms with van der Waals surface area (Å²) in [6.45, 7) is 0.863. The predicted octanol–water partition coefficient (Wildman–Crippen LogP) is 3.25. The van der Waals surface area contributed by atoms with Gasteiger partial charge in [-0.05, 0) is 31.2 Å². The van der Waals surface area contributed by atoms with Crippen molar-refractivity contribution in [3.63, 3.8) is 0 Å². The average molecular weight is 443 g/mol. The van der Waals surface area contributed by atoms with Crippen molar-refractivity contribution in [3.05, 3.63) is 64.7 Å². The maximum absolute atomic E-state index is 13.9. The molecule has 0 spiro atoms. The number of halogens is 1. The molecule has 1 aromatic heterocycles. The first-order valence-electron chi connectivity index (χ1n) is 9.21. The Balaban J connectivity index is 1.73. The van der Waals surface area contributed by atoms with Gasteiger partial charge in [-0.25, -0.2) is 18.8 Å². The van der Waals surface area contributed by atoms with Gasteiger partial charge in [0.15, 0.2) is 18.0 Å². The zero-order valence-corrected chi connectivity index (χ0v) is 17.3. The summed E-state index contributed by atoms with van der Waals surface area (Å²) in [5.41, 5.74) is 0.372. The molecular weight excluding hydrogens is 425 g/mol. The van der Waals surface area contributed by atoms with Gasteiger partial charge in [0, 0.05) is 16.6 Å². The van der Waals surface area contributed by atoms with E-state index in [1.165, 1.54) is 30.3 Å². The van der Waals surface area contributed by atoms with Crippen molar-refractivity contribution in [2.75, 3.05) is 26.1 Å². The van der Waals surface area contributed by atoms with Crippen molar-refractivity contribution < 1.29 is 42.2 Å². The molecule has 0 fully saturated rings. The first kappa shape index (κ1) is 22.5. The third-order valence-corrected chi connectivity index (χ3v) is 4.49. The summed E-state index contributed by atoms with van der Waals surface area (Å²) in [5.74, 6) is -4.02. The van der Waals surface area contributed by atoms with E-state index in [2.05, 4.69) is 14.8 Å². The number of ether oxygens (including phenoxy) is 3. The van der Waals surface area contributed by atoms with Crippen molar-refractivity contribution in [2.24, 2.45) is 0 Å². The maximum atomic E-state index is 13.9. The van der Waals surface area contributed by atoms with Gasteiger partial charge in [-0.3, -0.25) is 4.79 Å². The Labute approximate surface area is 181 Å². The second kappa shape index (κ2) is 9.29. The molecule has 0 aliphatic rings. The van der Waals surface area contributed by atoms with Crippen LogP contribution >= 0.6 is 0 Å². The van der Waals surface area contributed by atoms with Gasteiger partial charge in [-0.2, -0.15) is 0 Å². The first-order valence-corrected chi connectivity index (χ1v) is 9.21. The molecule has 10 heteroatoms. The molecule has 0 radical (unpaired) electrons. The standard InChI is InChI=1S/C22H18FNO8/c1-11-15-5-4-6-16(23)19(15)32-18(11)22(28)31-10-17(25)24-14-8-12(20(26)29-2)7-13(9-14)21(27)30-3/h4-9H,10H2,1-3H3,(H,24,25). The van der Waals surface area contributed by atoms with Crippen LogP contribution in [0.1, 0.15) is 36.8 Å². The molecule has 2 aromatic carbocycles. The number of esters is 3. The number of furan rings is 1. The Kier molecular flexibility index (Phi) is 6.53. The lowest BCUT2D eigenvalue weighted by Crippen LogP contribution is -2.21. The smallest absolute Gasteiger partial charge is 0.375 e. The van der Waals surface area contributed by atoms with Crippen LogP contribution in [0.2, 0.25) is 0 Å². The fourth-order valence-electron chi connectivity index (χ4n) is 2.97. The molecule has 0 aliphatic carbocycles. The fourth-order valence-corrected chi connectivity index (χ4v) is 2.97. The summed E-state index contributed by atoms with van der Waals surface area (Å²) in [6.07, 6.45) is 0. The molecule has 32 heavy (non-hydrogen) atoms. The van der Waals surface area contributed by atoms with Gasteiger partial charge in [0.05, 0.1) is 25.3 Å². The van der Waals surface area contributed by atoms with Crippen LogP contribution in [0.5, 0.6) is 0 Å². The number of aryl methyl sites for hydroxylation is 1. The quantitative estimate of drug-likeness (QED) is 0.455. The fraction of sp³-hybridized carbons (Fsp3) is 0.182. The van der Waals surface area contributed by atoms with E-state index in [4.69, 9.17) is 9.15 Å². The van der Waals surface area contributed by atoms with Crippen molar-refractivity contribution in [1.29, 1.82) is 0 Å². The third kappa shape index (κ3) is 4.59. The van der Waals surface area contributed by atoms with Crippen LogP contribution in [-0.4, -0.2) is 44.6 Å². The van der Waals surface area contributed by atoms with Crippen LogP contribution in [-0.2, 0) is 19.0 Å². The zero-order valence-electron chi connectivity index (χ0n) is 17.3. The first-order chi connectivity index (χ1) is 15.2. The topological polar surface area (TPSA) is 121 Å². The van der Waals surface area contributed by atoms with E-state index in [0.717, 1.165) is 14.2 Å². The number of fused-ring (bicyclic) bond motifs is 1. The maximum Gasteiger partial charge on any atom is 0.375 e. The molecule has 0 bridgehead atoms. The van der Waals surface area contributed by atoms with Gasteiger partial charge in [0.25, 0.3) is 5.91 Å². The number of hydrogen-bond donors (Lipinski definition) is 1. The molecule has 0 saturated heterocycles. The van der Waals surface area contributed by atoms with Crippen LogP contribution in [0.25, 0.3) is 11.0 Å². The number of methoxy groups -OCH3 is 2. The molecular formula is C22H18FNO8. The minimum atomic E-state index is -0.952. The second-order valence-electron chi connectivity index (χ2n) is 6.58. The normalized spacial score (nSPS) is 10.5. The number of benzene rings is 2. The molecule has 166 valence electrons. The van der Waals surface area contributed by atoms with Crippen molar-refractivity contribution in [1.82, 2.24) is 0 Å². The number of anilines is 1. The van der Waals surface area contributed by atoms with E-state index in [0.29, 0.717) is 10.9 Å². The van der Waals surface area contributed by atoms with E-state index in [9.17, 15) is 23.6 Å². The van der Waals surface area contributed by atoms with Gasteiger partial charge in [0.2, 0.25) is 5.76 Å². The summed E-state index contributed by atoms with van der Waals surface area (Å²) < 4.78 is 33.3. The van der Waals surface area contributed by atoms with E-state index in [-0.39, 0.29) is 28.2 Å². The monoisotopic (exact) mass is 443 g/mol. The summed E-state index contributed by atoms with van der Waals surface area (Å²) in [7, 11) is 2.33. The molecule has 0 atom stereocenters. The summed E-state index contributed by atoms with van der Waals surface area (Å²) >= 11 is 0. The van der Waals surface area contributed by atoms with Crippen LogP contribution in [0.4, 0.5) is 10.1 Å². The summed E-state index contributed by atoms with van der Waals surface area (Å²) in [5, 5.41) is 2.83. The van der Waals surface area contributed by atoms with Crippen LogP contribution in [0.15, 0.2) is 40.8 Å². The van der Waals surface area contributed by atoms with E-state index >= 15 is 0 Å². The lowest BCUT2D eigenvalue weighted by atomic mass is 10.1. The Morgan fingerprint density at radius 3 is 2.16 bits per heavy atom. The Morgan fingerprint density at radius 2 is 1.59 bits per heavy atom. The van der Waals surface area contributed by atoms with Gasteiger partial charge >= 0.3 is 17.9 Å². The average Bonchev–Trinajstić information content (AvgIpc) is 3.14. The highest BCUT2D eigenvalue weighted by Gasteiger charge is 2.22. The highest BCUT2D eigenvalue weighted by atomic mass is 19.1. The number of hydrogen-bond acceptors (Lipinski definition) is 8. The third-order valence-electron chi connectivity index (χ3n) is 4.49. The lowest BCUT2D eigenvalue weighted by molar-refractivity contribution is -0.119. The summed E-state index contributed by atoms with van der Waals surface area (Å²) in [4.78, 5) is 48.2. The largest absolute Gasteiger partial charge is 0.465 e. The minimum Gasteiger partial charge on any atom is -0.465 e. The highest BCUT2D eigenvalue weighted by Crippen LogP contribution is 2.27. The molecule has 1 heterocycles. The number of rotatable bonds is 6. The van der Waals surface area contributed by atoms with Gasteiger partial charge in [0.1, 0.15) is 0 Å². The highest BCUT2D eigenvalue weighted by molar-refractivity contribution is 6.01. The van der Waals surface area contributed by atoms with Crippen LogP contribution in [0.3, 0.4) is 0 Å². The molecule has 9 nitrogen and oxygen atoms in total. The predicted molar refractivity (Wildman–Crippen MR) is 109 cm³/mol. The molecule has 1 N–H and O–H groups in total. The van der Waals surface area contributed by atoms with Crippen LogP contribution < -0.4 is 5.32 Å². The van der Waals surface area contributed by atoms with E-state index in [1.54, 1.807) is 13.0 Å². The molecule has 3 aromatic rings. The van der Waals surface area contributed by atoms with Gasteiger partial charge in [-0.1, -0.05) is 12.1 Å². The molecule has 3 rings (SSSR count). The lowest BCUT2D eigenvalue weighted by Gasteiger charge is -2.10. The van der Waals surface area contributed by atoms with E-state index < -0.39 is 36.2 Å². The SMILES string of the molecule is COC(=O)c1cc(NC(=O)COC(=O)c2oc3c(F)cccc3c2C)cc(C(=O)OC)c1. The number of carbonyl (C=O) groups is 4. The minimum absolute atomic E-state index is 0.00243. The molecule has 1 amide bonds. The molecule has 0 unspecified atom stereocenters. The number of para-hydroxylation sites is 1. The van der Waals surface area contributed by atoms with Crippen molar-refractivity contribution >= 4 is 40.5 Å².